The monoisotopic (exact) mass is 406 g/mol. The molecular weight excluding hydrogens is 390 g/mol. The van der Waals surface area contributed by atoms with Crippen LogP contribution in [0.5, 0.6) is 5.75 Å². The second-order valence-corrected chi connectivity index (χ2v) is 6.54. The first kappa shape index (κ1) is 19.3. The summed E-state index contributed by atoms with van der Waals surface area (Å²) in [7, 11) is 1.48. The SMILES string of the molecule is COc1cccc(N2C(=O)C(Nc3ccc(F)cc3)=C(c3ccc(F)cc3)C2=O)c1. The third-order valence-electron chi connectivity index (χ3n) is 4.64. The third-order valence-corrected chi connectivity index (χ3v) is 4.64. The van der Waals surface area contributed by atoms with Gasteiger partial charge in [-0.1, -0.05) is 18.2 Å². The number of hydrogen-bond acceptors (Lipinski definition) is 4. The zero-order valence-corrected chi connectivity index (χ0v) is 15.9. The summed E-state index contributed by atoms with van der Waals surface area (Å²) in [6.07, 6.45) is 0. The molecule has 0 aliphatic carbocycles. The summed E-state index contributed by atoms with van der Waals surface area (Å²) in [5.74, 6) is -1.56. The van der Waals surface area contributed by atoms with E-state index < -0.39 is 23.4 Å². The van der Waals surface area contributed by atoms with Crippen LogP contribution in [0.1, 0.15) is 5.56 Å². The predicted octanol–water partition coefficient (Wildman–Crippen LogP) is 4.37. The fraction of sp³-hybridized carbons (Fsp3) is 0.0435. The van der Waals surface area contributed by atoms with Crippen LogP contribution in [0, 0.1) is 11.6 Å². The molecule has 1 N–H and O–H groups in total. The zero-order chi connectivity index (χ0) is 21.3. The van der Waals surface area contributed by atoms with Crippen LogP contribution < -0.4 is 15.0 Å². The molecule has 0 atom stereocenters. The molecule has 2 amide bonds. The number of anilines is 2. The summed E-state index contributed by atoms with van der Waals surface area (Å²) in [5, 5.41) is 2.92. The standard InChI is InChI=1S/C23H16F2N2O3/c1-30-19-4-2-3-18(13-19)27-22(28)20(14-5-7-15(24)8-6-14)21(23(27)29)26-17-11-9-16(25)10-12-17/h2-13,26H,1H3. The summed E-state index contributed by atoms with van der Waals surface area (Å²) in [6, 6.07) is 17.2. The van der Waals surface area contributed by atoms with Gasteiger partial charge in [0, 0.05) is 11.8 Å². The van der Waals surface area contributed by atoms with Crippen molar-refractivity contribution < 1.29 is 23.1 Å². The lowest BCUT2D eigenvalue weighted by Gasteiger charge is -2.16. The number of carbonyl (C=O) groups excluding carboxylic acids is 2. The van der Waals surface area contributed by atoms with Crippen molar-refractivity contribution in [2.24, 2.45) is 0 Å². The van der Waals surface area contributed by atoms with E-state index in [2.05, 4.69) is 5.32 Å². The zero-order valence-electron chi connectivity index (χ0n) is 15.9. The van der Waals surface area contributed by atoms with Crippen LogP contribution in [0.25, 0.3) is 5.57 Å². The number of carbonyl (C=O) groups is 2. The molecule has 0 aromatic heterocycles. The minimum Gasteiger partial charge on any atom is -0.497 e. The lowest BCUT2D eigenvalue weighted by Crippen LogP contribution is -2.32. The molecule has 1 heterocycles. The first-order chi connectivity index (χ1) is 14.5. The van der Waals surface area contributed by atoms with Crippen molar-refractivity contribution in [1.82, 2.24) is 0 Å². The van der Waals surface area contributed by atoms with Gasteiger partial charge in [0.25, 0.3) is 11.8 Å². The normalized spacial score (nSPS) is 13.8. The fourth-order valence-electron chi connectivity index (χ4n) is 3.19. The van der Waals surface area contributed by atoms with Gasteiger partial charge in [0.05, 0.1) is 18.4 Å². The second-order valence-electron chi connectivity index (χ2n) is 6.54. The van der Waals surface area contributed by atoms with Crippen LogP contribution >= 0.6 is 0 Å². The van der Waals surface area contributed by atoms with Gasteiger partial charge in [-0.25, -0.2) is 13.7 Å². The molecule has 0 saturated carbocycles. The van der Waals surface area contributed by atoms with E-state index in [4.69, 9.17) is 4.74 Å². The van der Waals surface area contributed by atoms with Crippen molar-refractivity contribution in [3.8, 4) is 5.75 Å². The van der Waals surface area contributed by atoms with Crippen LogP contribution in [0.4, 0.5) is 20.2 Å². The van der Waals surface area contributed by atoms with Crippen molar-refractivity contribution in [1.29, 1.82) is 0 Å². The number of benzene rings is 3. The Labute approximate surface area is 171 Å². The highest BCUT2D eigenvalue weighted by atomic mass is 19.1. The molecule has 0 radical (unpaired) electrons. The van der Waals surface area contributed by atoms with Gasteiger partial charge in [0.2, 0.25) is 0 Å². The molecule has 150 valence electrons. The molecule has 0 bridgehead atoms. The van der Waals surface area contributed by atoms with Crippen molar-refractivity contribution in [2.45, 2.75) is 0 Å². The summed E-state index contributed by atoms with van der Waals surface area (Å²) in [4.78, 5) is 27.5. The molecule has 0 fully saturated rings. The fourth-order valence-corrected chi connectivity index (χ4v) is 3.19. The first-order valence-electron chi connectivity index (χ1n) is 9.03. The van der Waals surface area contributed by atoms with Crippen LogP contribution in [0.2, 0.25) is 0 Å². The van der Waals surface area contributed by atoms with Crippen molar-refractivity contribution >= 4 is 28.8 Å². The molecule has 3 aromatic carbocycles. The Kier molecular flexibility index (Phi) is 5.02. The van der Waals surface area contributed by atoms with Crippen LogP contribution in [0.3, 0.4) is 0 Å². The van der Waals surface area contributed by atoms with E-state index in [1.165, 1.54) is 55.6 Å². The van der Waals surface area contributed by atoms with E-state index in [0.29, 0.717) is 22.7 Å². The summed E-state index contributed by atoms with van der Waals surface area (Å²) >= 11 is 0. The van der Waals surface area contributed by atoms with E-state index in [1.807, 2.05) is 0 Å². The highest BCUT2D eigenvalue weighted by molar-refractivity contribution is 6.46. The van der Waals surface area contributed by atoms with E-state index >= 15 is 0 Å². The Morgan fingerprint density at radius 2 is 1.47 bits per heavy atom. The van der Waals surface area contributed by atoms with E-state index in [0.717, 1.165) is 4.90 Å². The van der Waals surface area contributed by atoms with Gasteiger partial charge in [-0.15, -0.1) is 0 Å². The van der Waals surface area contributed by atoms with E-state index in [9.17, 15) is 18.4 Å². The van der Waals surface area contributed by atoms with Gasteiger partial charge in [0.1, 0.15) is 23.1 Å². The maximum Gasteiger partial charge on any atom is 0.282 e. The quantitative estimate of drug-likeness (QED) is 0.640. The molecule has 1 aliphatic rings. The predicted molar refractivity (Wildman–Crippen MR) is 109 cm³/mol. The molecule has 1 aliphatic heterocycles. The minimum atomic E-state index is -0.586. The minimum absolute atomic E-state index is 0.0148. The molecule has 30 heavy (non-hydrogen) atoms. The molecule has 5 nitrogen and oxygen atoms in total. The maximum absolute atomic E-state index is 13.4. The molecule has 3 aromatic rings. The number of imide groups is 1. The van der Waals surface area contributed by atoms with Crippen LogP contribution in [-0.4, -0.2) is 18.9 Å². The highest BCUT2D eigenvalue weighted by Gasteiger charge is 2.40. The van der Waals surface area contributed by atoms with Gasteiger partial charge in [0.15, 0.2) is 0 Å². The largest absolute Gasteiger partial charge is 0.497 e. The first-order valence-corrected chi connectivity index (χ1v) is 9.03. The van der Waals surface area contributed by atoms with Gasteiger partial charge in [-0.3, -0.25) is 9.59 Å². The van der Waals surface area contributed by atoms with Crippen molar-refractivity contribution in [3.05, 3.63) is 95.7 Å². The molecular formula is C23H16F2N2O3. The average molecular weight is 406 g/mol. The second kappa shape index (κ2) is 7.79. The summed E-state index contributed by atoms with van der Waals surface area (Å²) in [6.45, 7) is 0. The molecule has 7 heteroatoms. The van der Waals surface area contributed by atoms with Crippen molar-refractivity contribution in [3.63, 3.8) is 0 Å². The van der Waals surface area contributed by atoms with Crippen LogP contribution in [0.15, 0.2) is 78.5 Å². The summed E-state index contributed by atoms with van der Waals surface area (Å²) < 4.78 is 31.9. The van der Waals surface area contributed by atoms with E-state index in [1.54, 1.807) is 24.3 Å². The lowest BCUT2D eigenvalue weighted by molar-refractivity contribution is -0.120. The molecule has 0 saturated heterocycles. The van der Waals surface area contributed by atoms with Gasteiger partial charge >= 0.3 is 0 Å². The number of rotatable bonds is 5. The number of nitrogens with one attached hydrogen (secondary N) is 1. The molecule has 0 spiro atoms. The van der Waals surface area contributed by atoms with E-state index in [-0.39, 0.29) is 11.3 Å². The number of nitrogens with zero attached hydrogens (tertiary/aromatic N) is 1. The van der Waals surface area contributed by atoms with Crippen molar-refractivity contribution in [2.75, 3.05) is 17.3 Å². The lowest BCUT2D eigenvalue weighted by atomic mass is 10.0. The number of amides is 2. The van der Waals surface area contributed by atoms with Gasteiger partial charge in [-0.05, 0) is 54.1 Å². The number of ether oxygens (including phenoxy) is 1. The Hall–Kier alpha value is -4.00. The number of methoxy groups -OCH3 is 1. The van der Waals surface area contributed by atoms with Gasteiger partial charge in [-0.2, -0.15) is 0 Å². The Morgan fingerprint density at radius 1 is 0.833 bits per heavy atom. The summed E-state index contributed by atoms with van der Waals surface area (Å²) in [5.41, 5.74) is 1.25. The number of halogens is 2. The maximum atomic E-state index is 13.4. The Morgan fingerprint density at radius 3 is 2.10 bits per heavy atom. The average Bonchev–Trinajstić information content (AvgIpc) is 3.00. The Balaban J connectivity index is 1.81. The topological polar surface area (TPSA) is 58.6 Å². The molecule has 0 unspecified atom stereocenters. The molecule has 4 rings (SSSR count). The highest BCUT2D eigenvalue weighted by Crippen LogP contribution is 2.34. The number of hydrogen-bond donors (Lipinski definition) is 1. The third kappa shape index (κ3) is 3.53. The van der Waals surface area contributed by atoms with Crippen LogP contribution in [-0.2, 0) is 9.59 Å². The smallest absolute Gasteiger partial charge is 0.282 e. The Bertz CT molecular complexity index is 1160. The van der Waals surface area contributed by atoms with Gasteiger partial charge < -0.3 is 10.1 Å².